The van der Waals surface area contributed by atoms with Gasteiger partial charge in [0, 0.05) is 0 Å². The molecule has 0 aliphatic carbocycles. The molecule has 11 heavy (non-hydrogen) atoms. The van der Waals surface area contributed by atoms with Crippen molar-refractivity contribution in [2.24, 2.45) is 0 Å². The molecule has 2 aromatic rings. The van der Waals surface area contributed by atoms with Crippen LogP contribution in [0.5, 0.6) is 5.95 Å². The minimum atomic E-state index is -0.380. The molecule has 2 rings (SSSR count). The Morgan fingerprint density at radius 3 is 3.09 bits per heavy atom. The van der Waals surface area contributed by atoms with Gasteiger partial charge in [-0.25, -0.2) is 0 Å². The molecular formula is C7H4BFO2. The van der Waals surface area contributed by atoms with Crippen molar-refractivity contribution in [3.05, 3.63) is 24.0 Å². The van der Waals surface area contributed by atoms with E-state index in [1.807, 2.05) is 0 Å². The van der Waals surface area contributed by atoms with E-state index in [1.165, 1.54) is 19.3 Å². The van der Waals surface area contributed by atoms with Crippen LogP contribution < -0.4 is 0 Å². The van der Waals surface area contributed by atoms with Crippen molar-refractivity contribution >= 4 is 17.8 Å². The van der Waals surface area contributed by atoms with Crippen LogP contribution in [0.15, 0.2) is 22.5 Å². The van der Waals surface area contributed by atoms with Crippen molar-refractivity contribution < 1.29 is 13.8 Å². The summed E-state index contributed by atoms with van der Waals surface area (Å²) in [5.74, 6) is -0.617. The third-order valence-electron chi connectivity index (χ3n) is 1.54. The predicted molar refractivity (Wildman–Crippen MR) is 39.2 cm³/mol. The van der Waals surface area contributed by atoms with Gasteiger partial charge in [0.1, 0.15) is 0 Å². The molecule has 0 bridgehead atoms. The molecule has 1 aromatic heterocycles. The number of fused-ring (bicyclic) bond motifs is 1. The zero-order valence-electron chi connectivity index (χ0n) is 5.54. The van der Waals surface area contributed by atoms with Gasteiger partial charge in [0.25, 0.3) is 0 Å². The first kappa shape index (κ1) is 6.40. The van der Waals surface area contributed by atoms with Crippen molar-refractivity contribution in [3.63, 3.8) is 0 Å². The monoisotopic (exact) mass is 150 g/mol. The van der Waals surface area contributed by atoms with Crippen LogP contribution in [-0.4, -0.2) is 12.2 Å². The summed E-state index contributed by atoms with van der Waals surface area (Å²) in [6, 6.07) is 4.10. The first-order valence-electron chi connectivity index (χ1n) is 3.13. The van der Waals surface area contributed by atoms with Crippen LogP contribution in [0.25, 0.3) is 10.7 Å². The molecule has 0 radical (unpaired) electrons. The van der Waals surface area contributed by atoms with Gasteiger partial charge in [-0.3, -0.25) is 0 Å². The Bertz CT molecular complexity index is 396. The molecule has 4 heteroatoms. The summed E-state index contributed by atoms with van der Waals surface area (Å²) >= 11 is 0. The molecule has 0 saturated carbocycles. The van der Waals surface area contributed by atoms with E-state index in [4.69, 9.17) is 5.11 Å². The van der Waals surface area contributed by atoms with Crippen LogP contribution in [0.1, 0.15) is 0 Å². The Morgan fingerprint density at radius 1 is 1.45 bits per heavy atom. The summed E-state index contributed by atoms with van der Waals surface area (Å²) < 4.78 is 17.2. The number of hydrogen-bond donors (Lipinski definition) is 1. The van der Waals surface area contributed by atoms with Gasteiger partial charge in [-0.15, -0.1) is 0 Å². The second-order valence-electron chi connectivity index (χ2n) is 2.27. The third-order valence-corrected chi connectivity index (χ3v) is 1.54. The van der Waals surface area contributed by atoms with E-state index in [0.717, 1.165) is 0 Å². The predicted octanol–water partition coefficient (Wildman–Crippen LogP) is 1.62. The Morgan fingerprint density at radius 2 is 2.27 bits per heavy atom. The average molecular weight is 150 g/mol. The molecule has 0 spiro atoms. The van der Waals surface area contributed by atoms with Crippen LogP contribution in [0, 0.1) is 5.82 Å². The van der Waals surface area contributed by atoms with E-state index >= 15 is 0 Å². The van der Waals surface area contributed by atoms with Gasteiger partial charge in [-0.1, -0.05) is 0 Å². The molecule has 1 heterocycles. The summed E-state index contributed by atoms with van der Waals surface area (Å²) in [5.41, 5.74) is 0. The zero-order chi connectivity index (χ0) is 7.84. The van der Waals surface area contributed by atoms with E-state index < -0.39 is 0 Å². The van der Waals surface area contributed by atoms with Gasteiger partial charge in [-0.2, -0.15) is 0 Å². The number of rotatable bonds is 0. The Labute approximate surface area is 62.5 Å². The summed E-state index contributed by atoms with van der Waals surface area (Å²) in [5, 5.41) is 10.1. The fourth-order valence-electron chi connectivity index (χ4n) is 0.999. The van der Waals surface area contributed by atoms with Crippen molar-refractivity contribution in [1.29, 1.82) is 0 Å². The van der Waals surface area contributed by atoms with Gasteiger partial charge >= 0.3 is 61.6 Å². The van der Waals surface area contributed by atoms with Crippen LogP contribution in [0.2, 0.25) is 0 Å². The molecule has 0 atom stereocenters. The van der Waals surface area contributed by atoms with Gasteiger partial charge in [-0.05, 0) is 0 Å². The van der Waals surface area contributed by atoms with Gasteiger partial charge in [0.05, 0.1) is 0 Å². The number of halogens is 1. The van der Waals surface area contributed by atoms with Crippen molar-refractivity contribution in [2.75, 3.05) is 0 Å². The topological polar surface area (TPSA) is 33.4 Å². The summed E-state index contributed by atoms with van der Waals surface area (Å²) in [6.07, 6.45) is 0. The van der Waals surface area contributed by atoms with E-state index in [0.29, 0.717) is 10.7 Å². The molecule has 1 aromatic carbocycles. The Balaban J connectivity index is 2.87. The molecule has 0 fully saturated rings. The molecular weight excluding hydrogens is 146 g/mol. The number of hydrogen-bond acceptors (Lipinski definition) is 2. The second kappa shape index (κ2) is 2.08. The molecule has 0 amide bonds. The van der Waals surface area contributed by atoms with Crippen LogP contribution in [-0.2, 0) is 0 Å². The quantitative estimate of drug-likeness (QED) is 0.618. The van der Waals surface area contributed by atoms with E-state index in [-0.39, 0.29) is 11.8 Å². The van der Waals surface area contributed by atoms with Crippen molar-refractivity contribution in [2.45, 2.75) is 0 Å². The van der Waals surface area contributed by atoms with E-state index in [1.54, 1.807) is 6.07 Å². The first-order chi connectivity index (χ1) is 5.27. The SMILES string of the molecule is Oc1obc2ccc(F)cc12. The van der Waals surface area contributed by atoms with Gasteiger partial charge in [0.15, 0.2) is 0 Å². The van der Waals surface area contributed by atoms with Gasteiger partial charge in [0.2, 0.25) is 0 Å². The zero-order valence-corrected chi connectivity index (χ0v) is 5.54. The minimum absolute atomic E-state index is 0.237. The maximum atomic E-state index is 12.5. The summed E-state index contributed by atoms with van der Waals surface area (Å²) in [7, 11) is 1.38. The van der Waals surface area contributed by atoms with E-state index in [9.17, 15) is 4.39 Å². The average Bonchev–Trinajstić information content (AvgIpc) is 2.33. The van der Waals surface area contributed by atoms with Crippen molar-refractivity contribution in [1.82, 2.24) is 0 Å². The molecule has 0 aliphatic rings. The molecule has 0 unspecified atom stereocenters. The number of benzene rings is 1. The third kappa shape index (κ3) is 0.907. The normalized spacial score (nSPS) is 10.3. The standard InChI is InChI=1S/C7H4BFO2/c9-4-1-2-6-5(3-4)7(10)11-8-6/h1-3,10H. The Kier molecular flexibility index (Phi) is 1.21. The maximum absolute atomic E-state index is 12.5. The summed E-state index contributed by atoms with van der Waals surface area (Å²) in [6.45, 7) is 0. The summed E-state index contributed by atoms with van der Waals surface area (Å²) in [4.78, 5) is 0. The van der Waals surface area contributed by atoms with Crippen LogP contribution in [0.4, 0.5) is 4.39 Å². The van der Waals surface area contributed by atoms with E-state index in [2.05, 4.69) is 4.33 Å². The fraction of sp³-hybridized carbons (Fsp3) is 0. The fourth-order valence-corrected chi connectivity index (χ4v) is 0.999. The van der Waals surface area contributed by atoms with Gasteiger partial charge < -0.3 is 0 Å². The molecule has 0 saturated heterocycles. The second-order valence-corrected chi connectivity index (χ2v) is 2.27. The molecule has 0 aliphatic heterocycles. The van der Waals surface area contributed by atoms with Crippen LogP contribution in [0.3, 0.4) is 0 Å². The van der Waals surface area contributed by atoms with Crippen molar-refractivity contribution in [3.8, 4) is 5.95 Å². The molecule has 54 valence electrons. The van der Waals surface area contributed by atoms with Crippen LogP contribution >= 0.6 is 0 Å². The first-order valence-corrected chi connectivity index (χ1v) is 3.13. The molecule has 1 N–H and O–H groups in total. The molecule has 2 nitrogen and oxygen atoms in total. The Hall–Kier alpha value is -1.32. The number of aromatic hydroxyl groups is 1.